The van der Waals surface area contributed by atoms with Crippen molar-refractivity contribution in [2.75, 3.05) is 5.73 Å². The molecule has 2 aromatic heterocycles. The van der Waals surface area contributed by atoms with Crippen molar-refractivity contribution in [3.63, 3.8) is 0 Å². The highest BCUT2D eigenvalue weighted by Crippen LogP contribution is 2.39. The Kier molecular flexibility index (Phi) is 5.94. The molecule has 136 valence electrons. The molecule has 0 bridgehead atoms. The van der Waals surface area contributed by atoms with E-state index in [0.29, 0.717) is 35.3 Å². The highest BCUT2D eigenvalue weighted by atomic mass is 32.1. The molecule has 0 aliphatic rings. The number of aldehydes is 1. The fourth-order valence-electron chi connectivity index (χ4n) is 2.96. The van der Waals surface area contributed by atoms with Gasteiger partial charge in [-0.2, -0.15) is 0 Å². The maximum absolute atomic E-state index is 11.6. The van der Waals surface area contributed by atoms with Crippen molar-refractivity contribution >= 4 is 28.6 Å². The minimum Gasteiger partial charge on any atom is -0.478 e. The molecule has 2 rings (SSSR count). The molecule has 6 nitrogen and oxygen atoms in total. The monoisotopic (exact) mass is 372 g/mol. The van der Waals surface area contributed by atoms with Crippen LogP contribution >= 0.6 is 11.3 Å². The van der Waals surface area contributed by atoms with Crippen LogP contribution in [0.3, 0.4) is 0 Å². The summed E-state index contributed by atoms with van der Waals surface area (Å²) in [6.07, 6.45) is 9.54. The van der Waals surface area contributed by atoms with Crippen molar-refractivity contribution in [2.45, 2.75) is 25.2 Å². The van der Waals surface area contributed by atoms with E-state index in [1.807, 2.05) is 13.0 Å². The molecule has 0 amide bonds. The van der Waals surface area contributed by atoms with Crippen LogP contribution in [-0.4, -0.2) is 22.3 Å². The second kappa shape index (κ2) is 7.97. The number of nitrogens with two attached hydrogens (primary N) is 1. The lowest BCUT2D eigenvalue weighted by atomic mass is 9.75. The molecule has 2 aromatic rings. The van der Waals surface area contributed by atoms with Gasteiger partial charge in [-0.05, 0) is 30.9 Å². The van der Waals surface area contributed by atoms with Crippen LogP contribution in [0, 0.1) is 0 Å². The van der Waals surface area contributed by atoms with E-state index in [1.54, 1.807) is 18.3 Å². The summed E-state index contributed by atoms with van der Waals surface area (Å²) in [5, 5.41) is 9.58. The van der Waals surface area contributed by atoms with Crippen LogP contribution in [0.4, 0.5) is 5.00 Å². The van der Waals surface area contributed by atoms with Crippen molar-refractivity contribution < 1.29 is 19.1 Å². The Labute approximate surface area is 155 Å². The molecule has 0 saturated heterocycles. The maximum atomic E-state index is 11.6. The largest absolute Gasteiger partial charge is 0.478 e. The molecule has 0 saturated carbocycles. The van der Waals surface area contributed by atoms with Crippen LogP contribution in [0.15, 0.2) is 54.0 Å². The number of nitrogen functional groups attached to an aromatic ring is 1. The number of aromatic nitrogens is 1. The fraction of sp³-hybridized carbons (Fsp3) is 0.211. The maximum Gasteiger partial charge on any atom is 0.338 e. The molecular formula is C19H20N2O4S. The van der Waals surface area contributed by atoms with Gasteiger partial charge < -0.3 is 15.3 Å². The van der Waals surface area contributed by atoms with Crippen molar-refractivity contribution in [3.05, 3.63) is 71.3 Å². The number of anilines is 1. The predicted molar refractivity (Wildman–Crippen MR) is 102 cm³/mol. The Morgan fingerprint density at radius 2 is 2.23 bits per heavy atom. The summed E-state index contributed by atoms with van der Waals surface area (Å²) in [7, 11) is 0. The first-order valence-electron chi connectivity index (χ1n) is 7.83. The van der Waals surface area contributed by atoms with Gasteiger partial charge in [-0.15, -0.1) is 11.3 Å². The summed E-state index contributed by atoms with van der Waals surface area (Å²) >= 11 is 0.984. The first-order chi connectivity index (χ1) is 12.4. The first-order valence-corrected chi connectivity index (χ1v) is 8.64. The summed E-state index contributed by atoms with van der Waals surface area (Å²) in [6.45, 7) is 9.51. The quantitative estimate of drug-likeness (QED) is 0.509. The van der Waals surface area contributed by atoms with E-state index >= 15 is 0 Å². The Balaban J connectivity index is 2.48. The van der Waals surface area contributed by atoms with Crippen molar-refractivity contribution in [3.8, 4) is 0 Å². The van der Waals surface area contributed by atoms with Crippen molar-refractivity contribution in [2.24, 2.45) is 0 Å². The summed E-state index contributed by atoms with van der Waals surface area (Å²) in [5.41, 5.74) is 6.44. The van der Waals surface area contributed by atoms with E-state index in [0.717, 1.165) is 16.9 Å². The smallest absolute Gasteiger partial charge is 0.338 e. The number of nitrogens with zero attached hydrogens (tertiary/aromatic N) is 1. The van der Waals surface area contributed by atoms with Crippen LogP contribution in [0.5, 0.6) is 0 Å². The number of carboxylic acid groups (broad SMARTS) is 1. The molecule has 0 aliphatic heterocycles. The van der Waals surface area contributed by atoms with E-state index in [1.165, 1.54) is 6.39 Å². The molecule has 0 fully saturated rings. The Bertz CT molecular complexity index is 864. The molecule has 1 atom stereocenters. The topological polar surface area (TPSA) is 106 Å². The number of aromatic carboxylic acids is 1. The van der Waals surface area contributed by atoms with Crippen LogP contribution in [0.25, 0.3) is 0 Å². The van der Waals surface area contributed by atoms with Crippen LogP contribution in [0.2, 0.25) is 0 Å². The molecule has 3 N–H and O–H groups in total. The summed E-state index contributed by atoms with van der Waals surface area (Å²) in [6, 6.07) is 0. The number of hydrogen-bond acceptors (Lipinski definition) is 6. The number of hydrogen-bond donors (Lipinski definition) is 2. The van der Waals surface area contributed by atoms with Crippen LogP contribution in [0.1, 0.15) is 44.7 Å². The van der Waals surface area contributed by atoms with E-state index in [9.17, 15) is 14.7 Å². The van der Waals surface area contributed by atoms with Gasteiger partial charge in [-0.1, -0.05) is 31.4 Å². The molecule has 0 aromatic carbocycles. The number of rotatable bonds is 9. The highest BCUT2D eigenvalue weighted by molar-refractivity contribution is 7.18. The predicted octanol–water partition coefficient (Wildman–Crippen LogP) is 4.02. The van der Waals surface area contributed by atoms with E-state index < -0.39 is 11.4 Å². The average Bonchev–Trinajstić information content (AvgIpc) is 3.25. The summed E-state index contributed by atoms with van der Waals surface area (Å²) in [5.74, 6) is -0.535. The van der Waals surface area contributed by atoms with E-state index in [4.69, 9.17) is 10.2 Å². The molecule has 0 spiro atoms. The van der Waals surface area contributed by atoms with Gasteiger partial charge in [-0.3, -0.25) is 4.79 Å². The number of allylic oxidation sites excluding steroid dienone is 4. The van der Waals surface area contributed by atoms with Crippen molar-refractivity contribution in [1.29, 1.82) is 0 Å². The Hall–Kier alpha value is -2.93. The minimum absolute atomic E-state index is 0.00938. The summed E-state index contributed by atoms with van der Waals surface area (Å²) in [4.78, 5) is 27.2. The number of oxazole rings is 1. The van der Waals surface area contributed by atoms with Gasteiger partial charge in [-0.25, -0.2) is 9.78 Å². The van der Waals surface area contributed by atoms with Gasteiger partial charge in [0.15, 0.2) is 12.7 Å². The number of carbonyl (C=O) groups excluding carboxylic acids is 1. The number of carbonyl (C=O) groups is 2. The Morgan fingerprint density at radius 3 is 2.73 bits per heavy atom. The van der Waals surface area contributed by atoms with Gasteiger partial charge >= 0.3 is 5.97 Å². The lowest BCUT2D eigenvalue weighted by Crippen LogP contribution is -2.25. The Morgan fingerprint density at radius 1 is 1.50 bits per heavy atom. The summed E-state index contributed by atoms with van der Waals surface area (Å²) < 4.78 is 5.51. The van der Waals surface area contributed by atoms with E-state index in [2.05, 4.69) is 18.1 Å². The molecular weight excluding hydrogens is 352 g/mol. The molecule has 7 heteroatoms. The second-order valence-corrected chi connectivity index (χ2v) is 6.95. The zero-order chi connectivity index (χ0) is 19.3. The molecule has 2 heterocycles. The van der Waals surface area contributed by atoms with Crippen molar-refractivity contribution in [1.82, 2.24) is 4.98 Å². The zero-order valence-corrected chi connectivity index (χ0v) is 15.2. The number of thiophene rings is 1. The third kappa shape index (κ3) is 3.52. The lowest BCUT2D eigenvalue weighted by Gasteiger charge is -2.28. The molecule has 0 radical (unpaired) electrons. The van der Waals surface area contributed by atoms with E-state index in [-0.39, 0.29) is 10.6 Å². The SMILES string of the molecule is C=C/C=C(\C=C)C(C)(CCc1c(C=O)sc(N)c1C(=O)O)c1cnco1. The second-order valence-electron chi connectivity index (χ2n) is 5.87. The fourth-order valence-corrected chi connectivity index (χ4v) is 3.88. The minimum atomic E-state index is -1.14. The number of carboxylic acids is 1. The normalized spacial score (nSPS) is 13.8. The van der Waals surface area contributed by atoms with Crippen LogP contribution < -0.4 is 5.73 Å². The van der Waals surface area contributed by atoms with Gasteiger partial charge in [0.25, 0.3) is 0 Å². The zero-order valence-electron chi connectivity index (χ0n) is 14.4. The average molecular weight is 372 g/mol. The van der Waals surface area contributed by atoms with Gasteiger partial charge in [0.2, 0.25) is 0 Å². The molecule has 26 heavy (non-hydrogen) atoms. The third-order valence-electron chi connectivity index (χ3n) is 4.39. The van der Waals surface area contributed by atoms with Gasteiger partial charge in [0.05, 0.1) is 22.1 Å². The standard InChI is InChI=1S/C19H20N2O4S/c1-4-6-12(5-2)19(3,15-9-21-11-25-15)8-7-13-14(10-22)26-17(20)16(13)18(23)24/h4-6,9-11H,1-2,7-8,20H2,3H3,(H,23,24)/b12-6+. The van der Waals surface area contributed by atoms with Crippen LogP contribution in [-0.2, 0) is 11.8 Å². The van der Waals surface area contributed by atoms with Gasteiger partial charge in [0.1, 0.15) is 10.8 Å². The lowest BCUT2D eigenvalue weighted by molar-refractivity contribution is 0.0697. The van der Waals surface area contributed by atoms with Gasteiger partial charge in [0, 0.05) is 0 Å². The molecule has 0 aliphatic carbocycles. The highest BCUT2D eigenvalue weighted by Gasteiger charge is 2.34. The first kappa shape index (κ1) is 19.4. The molecule has 1 unspecified atom stereocenters. The third-order valence-corrected chi connectivity index (χ3v) is 5.38.